The van der Waals surface area contributed by atoms with Crippen LogP contribution in [0.1, 0.15) is 12.0 Å². The maximum absolute atomic E-state index is 8.76. The van der Waals surface area contributed by atoms with Crippen LogP contribution in [0.4, 0.5) is 0 Å². The summed E-state index contributed by atoms with van der Waals surface area (Å²) in [4.78, 5) is 0. The molecular formula is C19H17BrN4S. The minimum atomic E-state index is 0.504. The lowest BCUT2D eigenvalue weighted by atomic mass is 10.1. The van der Waals surface area contributed by atoms with Crippen molar-refractivity contribution in [2.45, 2.75) is 24.5 Å². The van der Waals surface area contributed by atoms with Crippen molar-refractivity contribution >= 4 is 27.7 Å². The van der Waals surface area contributed by atoms with E-state index in [2.05, 4.69) is 61.0 Å². The highest BCUT2D eigenvalue weighted by Gasteiger charge is 2.14. The van der Waals surface area contributed by atoms with Crippen LogP contribution in [0.5, 0.6) is 0 Å². The summed E-state index contributed by atoms with van der Waals surface area (Å²) in [6.45, 7) is 0.803. The number of aryl methyl sites for hydroxylation is 1. The van der Waals surface area contributed by atoms with E-state index in [0.717, 1.165) is 39.7 Å². The van der Waals surface area contributed by atoms with Crippen LogP contribution in [0.2, 0.25) is 0 Å². The van der Waals surface area contributed by atoms with E-state index in [0.29, 0.717) is 6.42 Å². The van der Waals surface area contributed by atoms with Gasteiger partial charge in [-0.1, -0.05) is 70.2 Å². The molecule has 1 aromatic heterocycles. The third-order valence-corrected chi connectivity index (χ3v) is 5.23. The van der Waals surface area contributed by atoms with E-state index in [1.165, 1.54) is 5.56 Å². The lowest BCUT2D eigenvalue weighted by Crippen LogP contribution is -2.05. The molecule has 0 saturated carbocycles. The monoisotopic (exact) mass is 412 g/mol. The van der Waals surface area contributed by atoms with Gasteiger partial charge in [-0.15, -0.1) is 10.2 Å². The third-order valence-electron chi connectivity index (χ3n) is 3.73. The lowest BCUT2D eigenvalue weighted by Gasteiger charge is -2.10. The van der Waals surface area contributed by atoms with Gasteiger partial charge in [0, 0.05) is 28.8 Å². The van der Waals surface area contributed by atoms with Crippen molar-refractivity contribution in [1.82, 2.24) is 14.8 Å². The summed E-state index contributed by atoms with van der Waals surface area (Å²) in [5, 5.41) is 18.4. The topological polar surface area (TPSA) is 54.5 Å². The van der Waals surface area contributed by atoms with Crippen LogP contribution in [0.3, 0.4) is 0 Å². The van der Waals surface area contributed by atoms with Crippen LogP contribution < -0.4 is 0 Å². The molecule has 0 spiro atoms. The fourth-order valence-electron chi connectivity index (χ4n) is 2.48. The van der Waals surface area contributed by atoms with Crippen LogP contribution in [-0.2, 0) is 13.0 Å². The van der Waals surface area contributed by atoms with E-state index >= 15 is 0 Å². The van der Waals surface area contributed by atoms with E-state index in [1.807, 2.05) is 30.3 Å². The highest BCUT2D eigenvalue weighted by molar-refractivity contribution is 9.10. The van der Waals surface area contributed by atoms with Crippen LogP contribution in [0.25, 0.3) is 11.4 Å². The Morgan fingerprint density at radius 1 is 1.04 bits per heavy atom. The average Bonchev–Trinajstić information content (AvgIpc) is 3.04. The minimum absolute atomic E-state index is 0.504. The van der Waals surface area contributed by atoms with Gasteiger partial charge >= 0.3 is 0 Å². The van der Waals surface area contributed by atoms with Gasteiger partial charge in [-0.25, -0.2) is 0 Å². The number of hydrogen-bond acceptors (Lipinski definition) is 4. The van der Waals surface area contributed by atoms with E-state index in [1.54, 1.807) is 11.8 Å². The first-order valence-corrected chi connectivity index (χ1v) is 9.78. The Balaban J connectivity index is 1.86. The number of aromatic nitrogens is 3. The Labute approximate surface area is 160 Å². The Kier molecular flexibility index (Phi) is 6.26. The number of halogens is 1. The molecule has 0 radical (unpaired) electrons. The molecular weight excluding hydrogens is 396 g/mol. The van der Waals surface area contributed by atoms with Gasteiger partial charge in [-0.2, -0.15) is 5.26 Å². The summed E-state index contributed by atoms with van der Waals surface area (Å²) in [6, 6.07) is 20.7. The molecule has 0 unspecified atom stereocenters. The zero-order valence-electron chi connectivity index (χ0n) is 13.6. The zero-order valence-corrected chi connectivity index (χ0v) is 16.0. The van der Waals surface area contributed by atoms with Crippen molar-refractivity contribution in [3.63, 3.8) is 0 Å². The standard InChI is InChI=1S/C19H17BrN4S/c20-17-9-7-16(8-10-17)18-22-23-19(25-14-4-12-21)24(18)13-11-15-5-2-1-3-6-15/h1-3,5-10H,4,11,13-14H2. The molecule has 0 bridgehead atoms. The van der Waals surface area contributed by atoms with Crippen LogP contribution in [0.15, 0.2) is 64.2 Å². The normalized spacial score (nSPS) is 10.6. The number of benzene rings is 2. The molecule has 0 atom stereocenters. The van der Waals surface area contributed by atoms with Gasteiger partial charge in [0.05, 0.1) is 6.07 Å². The molecule has 0 aliphatic heterocycles. The van der Waals surface area contributed by atoms with Crippen LogP contribution >= 0.6 is 27.7 Å². The molecule has 0 amide bonds. The fourth-order valence-corrected chi connectivity index (χ4v) is 3.56. The fraction of sp³-hybridized carbons (Fsp3) is 0.211. The van der Waals surface area contributed by atoms with Crippen molar-refractivity contribution in [1.29, 1.82) is 5.26 Å². The van der Waals surface area contributed by atoms with Gasteiger partial charge < -0.3 is 4.57 Å². The average molecular weight is 413 g/mol. The molecule has 4 nitrogen and oxygen atoms in total. The van der Waals surface area contributed by atoms with Crippen molar-refractivity contribution in [2.24, 2.45) is 0 Å². The van der Waals surface area contributed by atoms with Gasteiger partial charge in [-0.05, 0) is 24.1 Å². The van der Waals surface area contributed by atoms with Crippen molar-refractivity contribution < 1.29 is 0 Å². The SMILES string of the molecule is N#CCCSc1nnc(-c2ccc(Br)cc2)n1CCc1ccccc1. The summed E-state index contributed by atoms with van der Waals surface area (Å²) in [5.74, 6) is 1.59. The van der Waals surface area contributed by atoms with Crippen molar-refractivity contribution in [2.75, 3.05) is 5.75 Å². The van der Waals surface area contributed by atoms with Gasteiger partial charge in [-0.3, -0.25) is 0 Å². The Bertz CT molecular complexity index is 853. The van der Waals surface area contributed by atoms with Crippen LogP contribution in [0, 0.1) is 11.3 Å². The Morgan fingerprint density at radius 3 is 2.52 bits per heavy atom. The maximum Gasteiger partial charge on any atom is 0.191 e. The number of hydrogen-bond donors (Lipinski definition) is 0. The first-order valence-electron chi connectivity index (χ1n) is 8.01. The zero-order chi connectivity index (χ0) is 17.5. The summed E-state index contributed by atoms with van der Waals surface area (Å²) < 4.78 is 3.19. The first-order chi connectivity index (χ1) is 12.3. The highest BCUT2D eigenvalue weighted by atomic mass is 79.9. The van der Waals surface area contributed by atoms with Crippen LogP contribution in [-0.4, -0.2) is 20.5 Å². The summed E-state index contributed by atoms with van der Waals surface area (Å²) in [6.07, 6.45) is 1.41. The molecule has 3 aromatic rings. The second-order valence-electron chi connectivity index (χ2n) is 5.46. The second kappa shape index (κ2) is 8.84. The second-order valence-corrected chi connectivity index (χ2v) is 7.43. The predicted molar refractivity (Wildman–Crippen MR) is 104 cm³/mol. The van der Waals surface area contributed by atoms with Gasteiger partial charge in [0.2, 0.25) is 0 Å². The minimum Gasteiger partial charge on any atom is -0.302 e. The van der Waals surface area contributed by atoms with Gasteiger partial charge in [0.1, 0.15) is 0 Å². The molecule has 0 fully saturated rings. The molecule has 126 valence electrons. The highest BCUT2D eigenvalue weighted by Crippen LogP contribution is 2.26. The maximum atomic E-state index is 8.76. The molecule has 25 heavy (non-hydrogen) atoms. The number of nitriles is 1. The van der Waals surface area contributed by atoms with E-state index in [-0.39, 0.29) is 0 Å². The Morgan fingerprint density at radius 2 is 1.80 bits per heavy atom. The predicted octanol–water partition coefficient (Wildman–Crippen LogP) is 4.96. The van der Waals surface area contributed by atoms with Crippen molar-refractivity contribution in [3.8, 4) is 17.5 Å². The molecule has 3 rings (SSSR count). The molecule has 0 N–H and O–H groups in total. The first kappa shape index (κ1) is 17.7. The molecule has 0 aliphatic rings. The van der Waals surface area contributed by atoms with Gasteiger partial charge in [0.25, 0.3) is 0 Å². The number of rotatable bonds is 7. The Hall–Kier alpha value is -2.10. The molecule has 1 heterocycles. The van der Waals surface area contributed by atoms with Crippen molar-refractivity contribution in [3.05, 3.63) is 64.6 Å². The molecule has 0 saturated heterocycles. The van der Waals surface area contributed by atoms with E-state index in [4.69, 9.17) is 5.26 Å². The quantitative estimate of drug-likeness (QED) is 0.406. The molecule has 6 heteroatoms. The largest absolute Gasteiger partial charge is 0.302 e. The summed E-state index contributed by atoms with van der Waals surface area (Å²) in [7, 11) is 0. The number of thioether (sulfide) groups is 1. The third kappa shape index (κ3) is 4.71. The summed E-state index contributed by atoms with van der Waals surface area (Å²) >= 11 is 5.05. The summed E-state index contributed by atoms with van der Waals surface area (Å²) in [5.41, 5.74) is 2.32. The van der Waals surface area contributed by atoms with E-state index < -0.39 is 0 Å². The smallest absolute Gasteiger partial charge is 0.191 e. The van der Waals surface area contributed by atoms with E-state index in [9.17, 15) is 0 Å². The van der Waals surface area contributed by atoms with Gasteiger partial charge in [0.15, 0.2) is 11.0 Å². The molecule has 2 aromatic carbocycles. The lowest BCUT2D eigenvalue weighted by molar-refractivity contribution is 0.639. The molecule has 0 aliphatic carbocycles. The number of nitrogens with zero attached hydrogens (tertiary/aromatic N) is 4.